The highest BCUT2D eigenvalue weighted by Gasteiger charge is 2.36. The van der Waals surface area contributed by atoms with Crippen LogP contribution in [0.3, 0.4) is 0 Å². The quantitative estimate of drug-likeness (QED) is 0.742. The van der Waals surface area contributed by atoms with Gasteiger partial charge in [-0.3, -0.25) is 9.59 Å². The molecule has 28 heavy (non-hydrogen) atoms. The van der Waals surface area contributed by atoms with E-state index in [0.717, 1.165) is 30.0 Å². The SMILES string of the molecule is CN(C)c1ccc(NC(=O)C(C)(C)C(=O)Nc2ccc(C(F)(F)F)cc2)cc1. The number of rotatable bonds is 5. The van der Waals surface area contributed by atoms with Crippen molar-refractivity contribution in [2.24, 2.45) is 5.41 Å². The number of nitrogens with zero attached hydrogens (tertiary/aromatic N) is 1. The molecule has 5 nitrogen and oxygen atoms in total. The third-order valence-electron chi connectivity index (χ3n) is 4.25. The van der Waals surface area contributed by atoms with E-state index in [1.807, 2.05) is 31.1 Å². The number of anilines is 3. The van der Waals surface area contributed by atoms with Crippen LogP contribution in [0.1, 0.15) is 19.4 Å². The fourth-order valence-electron chi connectivity index (χ4n) is 2.26. The summed E-state index contributed by atoms with van der Waals surface area (Å²) in [4.78, 5) is 26.9. The molecule has 0 atom stereocenters. The normalized spacial score (nSPS) is 11.7. The zero-order valence-corrected chi connectivity index (χ0v) is 16.0. The number of carbonyl (C=O) groups excluding carboxylic acids is 2. The van der Waals surface area contributed by atoms with E-state index >= 15 is 0 Å². The first kappa shape index (κ1) is 21.3. The number of hydrogen-bond donors (Lipinski definition) is 2. The lowest BCUT2D eigenvalue weighted by atomic mass is 9.90. The summed E-state index contributed by atoms with van der Waals surface area (Å²) in [6.45, 7) is 2.88. The molecule has 8 heteroatoms. The fraction of sp³-hybridized carbons (Fsp3) is 0.300. The van der Waals surface area contributed by atoms with Crippen LogP contribution in [0.15, 0.2) is 48.5 Å². The van der Waals surface area contributed by atoms with Crippen LogP contribution in [0.4, 0.5) is 30.2 Å². The van der Waals surface area contributed by atoms with Crippen LogP contribution in [0.5, 0.6) is 0 Å². The third kappa shape index (κ3) is 5.03. The highest BCUT2D eigenvalue weighted by atomic mass is 19.4. The molecule has 0 heterocycles. The van der Waals surface area contributed by atoms with Gasteiger partial charge in [0.2, 0.25) is 11.8 Å². The first-order valence-corrected chi connectivity index (χ1v) is 8.49. The predicted molar refractivity (Wildman–Crippen MR) is 103 cm³/mol. The Labute approximate surface area is 161 Å². The van der Waals surface area contributed by atoms with Crippen molar-refractivity contribution in [1.82, 2.24) is 0 Å². The van der Waals surface area contributed by atoms with Gasteiger partial charge in [-0.1, -0.05) is 0 Å². The fourth-order valence-corrected chi connectivity index (χ4v) is 2.26. The number of carbonyl (C=O) groups is 2. The highest BCUT2D eigenvalue weighted by molar-refractivity contribution is 6.14. The van der Waals surface area contributed by atoms with Gasteiger partial charge in [0.1, 0.15) is 5.41 Å². The van der Waals surface area contributed by atoms with Gasteiger partial charge in [0, 0.05) is 31.2 Å². The Bertz CT molecular complexity index is 842. The molecule has 0 radical (unpaired) electrons. The van der Waals surface area contributed by atoms with E-state index in [1.54, 1.807) is 12.1 Å². The summed E-state index contributed by atoms with van der Waals surface area (Å²) in [6.07, 6.45) is -4.45. The summed E-state index contributed by atoms with van der Waals surface area (Å²) < 4.78 is 37.8. The monoisotopic (exact) mass is 393 g/mol. The molecule has 2 aromatic carbocycles. The summed E-state index contributed by atoms with van der Waals surface area (Å²) in [5, 5.41) is 5.15. The molecular formula is C20H22F3N3O2. The van der Waals surface area contributed by atoms with Crippen molar-refractivity contribution in [2.75, 3.05) is 29.6 Å². The van der Waals surface area contributed by atoms with Gasteiger partial charge in [0.05, 0.1) is 5.56 Å². The molecule has 0 aliphatic rings. The minimum atomic E-state index is -4.45. The minimum Gasteiger partial charge on any atom is -0.378 e. The average molecular weight is 393 g/mol. The van der Waals surface area contributed by atoms with E-state index in [1.165, 1.54) is 13.8 Å². The summed E-state index contributed by atoms with van der Waals surface area (Å²) in [5.41, 5.74) is -0.593. The van der Waals surface area contributed by atoms with Crippen LogP contribution in [0, 0.1) is 5.41 Å². The Morgan fingerprint density at radius 1 is 0.786 bits per heavy atom. The van der Waals surface area contributed by atoms with Crippen LogP contribution in [-0.2, 0) is 15.8 Å². The topological polar surface area (TPSA) is 61.4 Å². The molecule has 0 aliphatic carbocycles. The van der Waals surface area contributed by atoms with Crippen molar-refractivity contribution in [3.63, 3.8) is 0 Å². The van der Waals surface area contributed by atoms with Crippen LogP contribution in [0.25, 0.3) is 0 Å². The summed E-state index contributed by atoms with van der Waals surface area (Å²) in [5.74, 6) is -1.16. The maximum atomic E-state index is 12.6. The highest BCUT2D eigenvalue weighted by Crippen LogP contribution is 2.30. The van der Waals surface area contributed by atoms with Gasteiger partial charge >= 0.3 is 6.18 Å². The van der Waals surface area contributed by atoms with Crippen molar-refractivity contribution < 1.29 is 22.8 Å². The lowest BCUT2D eigenvalue weighted by molar-refractivity contribution is -0.137. The second-order valence-corrected chi connectivity index (χ2v) is 7.05. The van der Waals surface area contributed by atoms with E-state index in [2.05, 4.69) is 10.6 Å². The molecule has 2 N–H and O–H groups in total. The Morgan fingerprint density at radius 2 is 1.18 bits per heavy atom. The number of hydrogen-bond acceptors (Lipinski definition) is 3. The largest absolute Gasteiger partial charge is 0.416 e. The second kappa shape index (κ2) is 7.92. The molecule has 2 rings (SSSR count). The van der Waals surface area contributed by atoms with Gasteiger partial charge in [0.15, 0.2) is 0 Å². The van der Waals surface area contributed by atoms with E-state index < -0.39 is 29.0 Å². The van der Waals surface area contributed by atoms with Gasteiger partial charge in [-0.15, -0.1) is 0 Å². The first-order valence-electron chi connectivity index (χ1n) is 8.49. The molecule has 150 valence electrons. The number of alkyl halides is 3. The van der Waals surface area contributed by atoms with Crippen molar-refractivity contribution in [3.8, 4) is 0 Å². The predicted octanol–water partition coefficient (Wildman–Crippen LogP) is 4.37. The summed E-state index contributed by atoms with van der Waals surface area (Å²) in [7, 11) is 3.78. The first-order chi connectivity index (χ1) is 12.9. The van der Waals surface area contributed by atoms with Crippen LogP contribution < -0.4 is 15.5 Å². The van der Waals surface area contributed by atoms with Crippen molar-refractivity contribution >= 4 is 28.9 Å². The van der Waals surface area contributed by atoms with Crippen molar-refractivity contribution in [1.29, 1.82) is 0 Å². The molecule has 0 saturated carbocycles. The zero-order valence-electron chi connectivity index (χ0n) is 16.0. The van der Waals surface area contributed by atoms with E-state index in [-0.39, 0.29) is 5.69 Å². The molecule has 0 aromatic heterocycles. The number of benzene rings is 2. The second-order valence-electron chi connectivity index (χ2n) is 7.05. The summed E-state index contributed by atoms with van der Waals surface area (Å²) in [6, 6.07) is 11.1. The Kier molecular flexibility index (Phi) is 6.01. The molecule has 2 amide bonds. The maximum absolute atomic E-state index is 12.6. The smallest absolute Gasteiger partial charge is 0.378 e. The van der Waals surface area contributed by atoms with Crippen molar-refractivity contribution in [2.45, 2.75) is 20.0 Å². The molecular weight excluding hydrogens is 371 g/mol. The lowest BCUT2D eigenvalue weighted by Gasteiger charge is -2.23. The van der Waals surface area contributed by atoms with Gasteiger partial charge < -0.3 is 15.5 Å². The maximum Gasteiger partial charge on any atom is 0.416 e. The zero-order chi connectivity index (χ0) is 21.1. The molecule has 0 spiro atoms. The molecule has 0 aliphatic heterocycles. The number of nitrogens with one attached hydrogen (secondary N) is 2. The van der Waals surface area contributed by atoms with Crippen LogP contribution in [-0.4, -0.2) is 25.9 Å². The van der Waals surface area contributed by atoms with Crippen LogP contribution in [0.2, 0.25) is 0 Å². The Hall–Kier alpha value is -3.03. The number of halogens is 3. The molecule has 0 fully saturated rings. The average Bonchev–Trinajstić information content (AvgIpc) is 2.61. The Morgan fingerprint density at radius 3 is 1.54 bits per heavy atom. The summed E-state index contributed by atoms with van der Waals surface area (Å²) >= 11 is 0. The van der Waals surface area contributed by atoms with Gasteiger partial charge in [-0.25, -0.2) is 0 Å². The minimum absolute atomic E-state index is 0.175. The standard InChI is InChI=1S/C20H22F3N3O2/c1-19(2,18(28)25-15-9-11-16(12-10-15)26(3)4)17(27)24-14-7-5-13(6-8-14)20(21,22)23/h5-12H,1-4H3,(H,24,27)(H,25,28). The third-order valence-corrected chi connectivity index (χ3v) is 4.25. The molecule has 0 unspecified atom stereocenters. The molecule has 0 saturated heterocycles. The van der Waals surface area contributed by atoms with Gasteiger partial charge in [-0.2, -0.15) is 13.2 Å². The van der Waals surface area contributed by atoms with Gasteiger partial charge in [-0.05, 0) is 62.4 Å². The van der Waals surface area contributed by atoms with E-state index in [4.69, 9.17) is 0 Å². The van der Waals surface area contributed by atoms with Gasteiger partial charge in [0.25, 0.3) is 0 Å². The van der Waals surface area contributed by atoms with E-state index in [9.17, 15) is 22.8 Å². The molecule has 0 bridgehead atoms. The number of amides is 2. The van der Waals surface area contributed by atoms with Crippen molar-refractivity contribution in [3.05, 3.63) is 54.1 Å². The van der Waals surface area contributed by atoms with E-state index in [0.29, 0.717) is 5.69 Å². The molecule has 2 aromatic rings. The lowest BCUT2D eigenvalue weighted by Crippen LogP contribution is -2.41. The Balaban J connectivity index is 2.05. The van der Waals surface area contributed by atoms with Crippen LogP contribution >= 0.6 is 0 Å².